The molecule has 3 nitrogen and oxygen atoms in total. The van der Waals surface area contributed by atoms with E-state index in [-0.39, 0.29) is 15.0 Å². The number of para-hydroxylation sites is 3. The van der Waals surface area contributed by atoms with Crippen LogP contribution in [0.15, 0.2) is 140 Å². The fourth-order valence-corrected chi connectivity index (χ4v) is 8.14. The van der Waals surface area contributed by atoms with E-state index in [1.807, 2.05) is 24.3 Å². The van der Waals surface area contributed by atoms with Crippen LogP contribution in [0.1, 0.15) is 5.56 Å². The van der Waals surface area contributed by atoms with Gasteiger partial charge in [0.25, 0.3) is 0 Å². The Morgan fingerprint density at radius 2 is 1.19 bits per heavy atom. The van der Waals surface area contributed by atoms with Gasteiger partial charge in [-0.05, 0) is 0 Å². The van der Waals surface area contributed by atoms with Crippen molar-refractivity contribution in [2.75, 3.05) is 4.90 Å². The van der Waals surface area contributed by atoms with E-state index in [4.69, 9.17) is 4.98 Å². The molecule has 8 rings (SSSR count). The first-order valence-corrected chi connectivity index (χ1v) is 15.6. The van der Waals surface area contributed by atoms with E-state index < -0.39 is 0 Å². The van der Waals surface area contributed by atoms with E-state index in [0.29, 0.717) is 5.56 Å². The number of anilines is 3. The maximum absolute atomic E-state index is 9.40. The Labute approximate surface area is 250 Å². The van der Waals surface area contributed by atoms with Crippen LogP contribution >= 0.6 is 0 Å². The Bertz CT molecular complexity index is 2140. The van der Waals surface area contributed by atoms with Gasteiger partial charge in [0, 0.05) is 0 Å². The molecule has 1 aliphatic rings. The number of aromatic nitrogens is 1. The molecule has 0 amide bonds. The van der Waals surface area contributed by atoms with Gasteiger partial charge in [0.05, 0.1) is 0 Å². The molecular weight excluding hydrogens is 577 g/mol. The van der Waals surface area contributed by atoms with E-state index >= 15 is 0 Å². The van der Waals surface area contributed by atoms with Crippen molar-refractivity contribution < 1.29 is 0 Å². The van der Waals surface area contributed by atoms with Crippen LogP contribution in [-0.2, 0) is 0 Å². The summed E-state index contributed by atoms with van der Waals surface area (Å²) in [4.78, 5) is 7.76. The fourth-order valence-electron chi connectivity index (χ4n) is 5.92. The number of rotatable bonds is 3. The monoisotopic (exact) mass is 601 g/mol. The Kier molecular flexibility index (Phi) is 5.86. The molecule has 0 spiro atoms. The molecule has 6 aromatic carbocycles. The summed E-state index contributed by atoms with van der Waals surface area (Å²) in [5.74, 6) is 0. The summed E-state index contributed by atoms with van der Waals surface area (Å²) in [6.07, 6.45) is 0. The molecule has 7 aromatic rings. The van der Waals surface area contributed by atoms with E-state index in [1.165, 1.54) is 36.6 Å². The third kappa shape index (κ3) is 3.99. The molecule has 2 heterocycles. The van der Waals surface area contributed by atoms with Gasteiger partial charge in [0.15, 0.2) is 0 Å². The standard InChI is InChI=1S/C38H23N3Se/c39-24-25-19-21-27(22-20-25)32-23-31(29-12-7-10-26-9-1-2-11-28(26)29)30-13-8-16-35(38(30)40-32)41-33-14-3-5-17-36(33)42-37-18-6-4-15-34(37)41/h1-23H. The van der Waals surface area contributed by atoms with Crippen molar-refractivity contribution >= 4 is 62.6 Å². The molecule has 0 N–H and O–H groups in total. The van der Waals surface area contributed by atoms with Gasteiger partial charge < -0.3 is 0 Å². The second kappa shape index (κ2) is 10.0. The van der Waals surface area contributed by atoms with Crippen LogP contribution in [0.5, 0.6) is 0 Å². The van der Waals surface area contributed by atoms with E-state index in [1.54, 1.807) is 0 Å². The van der Waals surface area contributed by atoms with Crippen LogP contribution in [0.4, 0.5) is 17.1 Å². The van der Waals surface area contributed by atoms with Crippen molar-refractivity contribution in [3.63, 3.8) is 0 Å². The van der Waals surface area contributed by atoms with Gasteiger partial charge in [-0.25, -0.2) is 0 Å². The van der Waals surface area contributed by atoms with Crippen molar-refractivity contribution in [2.24, 2.45) is 0 Å². The Morgan fingerprint density at radius 1 is 0.571 bits per heavy atom. The number of fused-ring (bicyclic) bond motifs is 4. The first-order valence-electron chi connectivity index (χ1n) is 13.9. The summed E-state index contributed by atoms with van der Waals surface area (Å²) in [6, 6.07) is 51.2. The molecule has 196 valence electrons. The molecule has 4 heteroatoms. The summed E-state index contributed by atoms with van der Waals surface area (Å²) >= 11 is 0.226. The topological polar surface area (TPSA) is 39.9 Å². The normalized spacial score (nSPS) is 12.1. The SMILES string of the molecule is N#Cc1ccc(-c2cc(-c3cccc4ccccc34)c3cccc(N4c5ccccc5[Se]c5ccccc54)c3n2)cc1. The molecule has 0 saturated carbocycles. The minimum absolute atomic E-state index is 0.226. The predicted molar refractivity (Wildman–Crippen MR) is 175 cm³/mol. The van der Waals surface area contributed by atoms with Crippen molar-refractivity contribution in [3.8, 4) is 28.5 Å². The van der Waals surface area contributed by atoms with Gasteiger partial charge in [-0.1, -0.05) is 0 Å². The summed E-state index contributed by atoms with van der Waals surface area (Å²) in [6.45, 7) is 0. The Balaban J connectivity index is 1.46. The molecular formula is C38H23N3Se. The van der Waals surface area contributed by atoms with E-state index in [2.05, 4.69) is 126 Å². The average molecular weight is 601 g/mol. The summed E-state index contributed by atoms with van der Waals surface area (Å²) < 4.78 is 2.72. The quantitative estimate of drug-likeness (QED) is 0.193. The average Bonchev–Trinajstić information content (AvgIpc) is 3.06. The molecule has 0 saturated heterocycles. The number of nitriles is 1. The molecule has 1 aliphatic heterocycles. The Morgan fingerprint density at radius 3 is 1.95 bits per heavy atom. The van der Waals surface area contributed by atoms with Gasteiger partial charge >= 0.3 is 246 Å². The molecule has 0 radical (unpaired) electrons. The van der Waals surface area contributed by atoms with Crippen LogP contribution in [0.25, 0.3) is 44.1 Å². The fraction of sp³-hybridized carbons (Fsp3) is 0. The zero-order chi connectivity index (χ0) is 28.0. The third-order valence-electron chi connectivity index (χ3n) is 7.88. The van der Waals surface area contributed by atoms with Crippen molar-refractivity contribution in [1.29, 1.82) is 5.26 Å². The molecule has 42 heavy (non-hydrogen) atoms. The van der Waals surface area contributed by atoms with Gasteiger partial charge in [0.1, 0.15) is 0 Å². The van der Waals surface area contributed by atoms with E-state index in [0.717, 1.165) is 33.4 Å². The minimum atomic E-state index is 0.226. The number of hydrogen-bond acceptors (Lipinski definition) is 3. The maximum atomic E-state index is 9.40. The summed E-state index contributed by atoms with van der Waals surface area (Å²) in [5.41, 5.74) is 9.23. The van der Waals surface area contributed by atoms with Gasteiger partial charge in [-0.2, -0.15) is 5.26 Å². The van der Waals surface area contributed by atoms with Crippen molar-refractivity contribution in [1.82, 2.24) is 4.98 Å². The second-order valence-electron chi connectivity index (χ2n) is 10.3. The molecule has 0 atom stereocenters. The van der Waals surface area contributed by atoms with E-state index in [9.17, 15) is 5.26 Å². The van der Waals surface area contributed by atoms with Crippen LogP contribution in [0.2, 0.25) is 0 Å². The molecule has 0 fully saturated rings. The molecule has 0 aliphatic carbocycles. The molecule has 1 aromatic heterocycles. The first-order chi connectivity index (χ1) is 20.8. The van der Waals surface area contributed by atoms with Gasteiger partial charge in [-0.15, -0.1) is 0 Å². The number of nitrogens with zero attached hydrogens (tertiary/aromatic N) is 3. The molecule has 0 unspecified atom stereocenters. The van der Waals surface area contributed by atoms with Gasteiger partial charge in [0.2, 0.25) is 0 Å². The predicted octanol–water partition coefficient (Wildman–Crippen LogP) is 8.03. The zero-order valence-corrected chi connectivity index (χ0v) is 24.2. The summed E-state index contributed by atoms with van der Waals surface area (Å²) in [7, 11) is 0. The Hall–Kier alpha value is -5.20. The van der Waals surface area contributed by atoms with Crippen LogP contribution in [0.3, 0.4) is 0 Å². The zero-order valence-electron chi connectivity index (χ0n) is 22.5. The van der Waals surface area contributed by atoms with Crippen LogP contribution < -0.4 is 13.8 Å². The van der Waals surface area contributed by atoms with Crippen LogP contribution in [-0.4, -0.2) is 19.9 Å². The number of pyridine rings is 1. The number of hydrogen-bond donors (Lipinski definition) is 0. The number of benzene rings is 6. The van der Waals surface area contributed by atoms with Crippen molar-refractivity contribution in [2.45, 2.75) is 0 Å². The van der Waals surface area contributed by atoms with Crippen LogP contribution in [0, 0.1) is 11.3 Å². The first kappa shape index (κ1) is 24.6. The third-order valence-corrected chi connectivity index (χ3v) is 10.3. The van der Waals surface area contributed by atoms with Crippen molar-refractivity contribution in [3.05, 3.63) is 145 Å². The summed E-state index contributed by atoms with van der Waals surface area (Å²) in [5, 5.41) is 12.9. The van der Waals surface area contributed by atoms with Gasteiger partial charge in [-0.3, -0.25) is 0 Å². The molecule has 0 bridgehead atoms. The second-order valence-corrected chi connectivity index (χ2v) is 12.6.